The molecule has 1 aliphatic heterocycles. The molecule has 7 nitrogen and oxygen atoms in total. The highest BCUT2D eigenvalue weighted by molar-refractivity contribution is 5.96. The second kappa shape index (κ2) is 12.5. The van der Waals surface area contributed by atoms with Crippen LogP contribution in [-0.2, 0) is 22.6 Å². The Morgan fingerprint density at radius 2 is 1.48 bits per heavy atom. The van der Waals surface area contributed by atoms with E-state index in [9.17, 15) is 14.7 Å². The summed E-state index contributed by atoms with van der Waals surface area (Å²) in [7, 11) is 0. The minimum absolute atomic E-state index is 0.0697. The smallest absolute Gasteiger partial charge is 0.417 e. The molecule has 1 heterocycles. The zero-order valence-electron chi connectivity index (χ0n) is 22.2. The highest BCUT2D eigenvalue weighted by atomic mass is 16.6. The number of aliphatic hydroxyl groups is 1. The summed E-state index contributed by atoms with van der Waals surface area (Å²) in [5.74, 6) is 0.354. The van der Waals surface area contributed by atoms with E-state index in [0.717, 1.165) is 21.6 Å². The van der Waals surface area contributed by atoms with Gasteiger partial charge >= 0.3 is 6.09 Å². The molecule has 4 aromatic carbocycles. The number of rotatable bonds is 10. The molecule has 0 aliphatic carbocycles. The van der Waals surface area contributed by atoms with E-state index in [-0.39, 0.29) is 6.61 Å². The summed E-state index contributed by atoms with van der Waals surface area (Å²) in [5.41, 5.74) is 3.47. The molecule has 204 valence electrons. The highest BCUT2D eigenvalue weighted by Crippen LogP contribution is 2.28. The van der Waals surface area contributed by atoms with E-state index in [2.05, 4.69) is 0 Å². The number of carbonyl (C=O) groups excluding carboxylic acids is 2. The minimum atomic E-state index is -1.39. The molecule has 1 fully saturated rings. The summed E-state index contributed by atoms with van der Waals surface area (Å²) in [4.78, 5) is 27.7. The second-order valence-electron chi connectivity index (χ2n) is 9.77. The first-order valence-electron chi connectivity index (χ1n) is 13.2. The van der Waals surface area contributed by atoms with Crippen molar-refractivity contribution in [3.63, 3.8) is 0 Å². The number of carbonyl (C=O) groups is 2. The summed E-state index contributed by atoms with van der Waals surface area (Å²) in [6.45, 7) is 2.41. The molecule has 0 saturated carbocycles. The van der Waals surface area contributed by atoms with Gasteiger partial charge in [0.05, 0.1) is 6.04 Å². The monoisotopic (exact) mass is 537 g/mol. The zero-order valence-corrected chi connectivity index (χ0v) is 22.2. The van der Waals surface area contributed by atoms with Crippen molar-refractivity contribution in [3.05, 3.63) is 131 Å². The van der Waals surface area contributed by atoms with Gasteiger partial charge in [-0.25, -0.2) is 9.69 Å². The molecule has 1 unspecified atom stereocenters. The predicted octanol–water partition coefficient (Wildman–Crippen LogP) is 5.65. The first kappa shape index (κ1) is 27.0. The first-order chi connectivity index (χ1) is 19.5. The summed E-state index contributed by atoms with van der Waals surface area (Å²) >= 11 is 0. The average Bonchev–Trinajstić information content (AvgIpc) is 3.35. The van der Waals surface area contributed by atoms with Crippen molar-refractivity contribution in [3.8, 4) is 11.5 Å². The van der Waals surface area contributed by atoms with E-state index in [1.54, 1.807) is 36.4 Å². The molecule has 7 heteroatoms. The van der Waals surface area contributed by atoms with Gasteiger partial charge in [-0.2, -0.15) is 0 Å². The summed E-state index contributed by atoms with van der Waals surface area (Å²) in [5, 5.41) is 11.4. The van der Waals surface area contributed by atoms with Gasteiger partial charge in [0.15, 0.2) is 0 Å². The Morgan fingerprint density at radius 1 is 0.875 bits per heavy atom. The number of aliphatic hydroxyl groups excluding tert-OH is 1. The quantitative estimate of drug-likeness (QED) is 0.282. The Labute approximate surface area is 233 Å². The topological polar surface area (TPSA) is 85.3 Å². The van der Waals surface area contributed by atoms with Gasteiger partial charge in [-0.05, 0) is 54.3 Å². The normalized spacial score (nSPS) is 16.2. The maximum Gasteiger partial charge on any atom is 0.417 e. The van der Waals surface area contributed by atoms with E-state index >= 15 is 0 Å². The van der Waals surface area contributed by atoms with Gasteiger partial charge in [0.2, 0.25) is 6.10 Å². The van der Waals surface area contributed by atoms with E-state index < -0.39 is 30.3 Å². The van der Waals surface area contributed by atoms with Gasteiger partial charge in [-0.1, -0.05) is 90.5 Å². The van der Waals surface area contributed by atoms with Crippen molar-refractivity contribution in [2.24, 2.45) is 0 Å². The predicted molar refractivity (Wildman–Crippen MR) is 150 cm³/mol. The van der Waals surface area contributed by atoms with Crippen LogP contribution in [0.3, 0.4) is 0 Å². The Hall–Kier alpha value is -4.62. The van der Waals surface area contributed by atoms with E-state index in [4.69, 9.17) is 14.2 Å². The molecule has 1 aliphatic rings. The fourth-order valence-electron chi connectivity index (χ4n) is 4.59. The van der Waals surface area contributed by atoms with Crippen LogP contribution in [0.5, 0.6) is 11.5 Å². The van der Waals surface area contributed by atoms with E-state index in [1.807, 2.05) is 79.7 Å². The number of hydrogen-bond donors (Lipinski definition) is 1. The molecule has 0 radical (unpaired) electrons. The third-order valence-electron chi connectivity index (χ3n) is 6.80. The molecule has 1 saturated heterocycles. The van der Waals surface area contributed by atoms with Crippen LogP contribution in [0.4, 0.5) is 4.79 Å². The lowest BCUT2D eigenvalue weighted by atomic mass is 10.0. The fraction of sp³-hybridized carbons (Fsp3) is 0.212. The van der Waals surface area contributed by atoms with Crippen molar-refractivity contribution in [1.29, 1.82) is 0 Å². The lowest BCUT2D eigenvalue weighted by molar-refractivity contribution is -0.142. The van der Waals surface area contributed by atoms with Crippen LogP contribution in [0.1, 0.15) is 28.4 Å². The summed E-state index contributed by atoms with van der Waals surface area (Å²) in [6.07, 6.45) is -3.06. The van der Waals surface area contributed by atoms with E-state index in [0.29, 0.717) is 30.1 Å². The molecule has 0 aromatic heterocycles. The lowest BCUT2D eigenvalue weighted by Gasteiger charge is -2.28. The number of imide groups is 1. The van der Waals surface area contributed by atoms with Crippen LogP contribution in [0.2, 0.25) is 0 Å². The largest absolute Gasteiger partial charge is 0.489 e. The molecule has 3 atom stereocenters. The molecule has 4 aromatic rings. The van der Waals surface area contributed by atoms with Gasteiger partial charge in [-0.3, -0.25) is 4.79 Å². The molecule has 5 rings (SSSR count). The average molecular weight is 538 g/mol. The number of amides is 2. The molecular formula is C33H31NO6. The Bertz CT molecular complexity index is 1410. The van der Waals surface area contributed by atoms with Crippen LogP contribution >= 0.6 is 0 Å². The Balaban J connectivity index is 1.37. The van der Waals surface area contributed by atoms with Crippen LogP contribution in [0.25, 0.3) is 0 Å². The number of hydrogen-bond acceptors (Lipinski definition) is 6. The van der Waals surface area contributed by atoms with Crippen molar-refractivity contribution in [1.82, 2.24) is 4.90 Å². The molecule has 0 spiro atoms. The maximum absolute atomic E-state index is 13.9. The highest BCUT2D eigenvalue weighted by Gasteiger charge is 2.44. The zero-order chi connectivity index (χ0) is 27.9. The lowest BCUT2D eigenvalue weighted by Crippen LogP contribution is -2.49. The van der Waals surface area contributed by atoms with Crippen molar-refractivity contribution >= 4 is 12.0 Å². The molecule has 1 N–H and O–H groups in total. The van der Waals surface area contributed by atoms with Crippen molar-refractivity contribution in [2.45, 2.75) is 38.2 Å². The Morgan fingerprint density at radius 3 is 2.12 bits per heavy atom. The van der Waals surface area contributed by atoms with Gasteiger partial charge in [0.1, 0.15) is 30.8 Å². The number of benzene rings is 4. The van der Waals surface area contributed by atoms with Gasteiger partial charge < -0.3 is 19.3 Å². The van der Waals surface area contributed by atoms with Crippen molar-refractivity contribution < 1.29 is 28.9 Å². The van der Waals surface area contributed by atoms with Crippen LogP contribution in [0, 0.1) is 6.92 Å². The number of nitrogens with zero attached hydrogens (tertiary/aromatic N) is 1. The SMILES string of the molecule is Cc1ccc(O[C@H](C(=O)N2C(=O)OCC2Cc2ccccc2)[C@H](O)c2ccc(OCc3ccccc3)cc2)cc1. The third-order valence-corrected chi connectivity index (χ3v) is 6.80. The minimum Gasteiger partial charge on any atom is -0.489 e. The molecule has 40 heavy (non-hydrogen) atoms. The summed E-state index contributed by atoms with van der Waals surface area (Å²) < 4.78 is 17.2. The third kappa shape index (κ3) is 6.50. The van der Waals surface area contributed by atoms with Crippen molar-refractivity contribution in [2.75, 3.05) is 6.61 Å². The van der Waals surface area contributed by atoms with Gasteiger partial charge in [-0.15, -0.1) is 0 Å². The fourth-order valence-corrected chi connectivity index (χ4v) is 4.59. The molecule has 0 bridgehead atoms. The van der Waals surface area contributed by atoms with Gasteiger partial charge in [0, 0.05) is 0 Å². The van der Waals surface area contributed by atoms with E-state index in [1.165, 1.54) is 0 Å². The van der Waals surface area contributed by atoms with Crippen LogP contribution < -0.4 is 9.47 Å². The van der Waals surface area contributed by atoms with Crippen LogP contribution in [0.15, 0.2) is 109 Å². The van der Waals surface area contributed by atoms with Gasteiger partial charge in [0.25, 0.3) is 5.91 Å². The number of ether oxygens (including phenoxy) is 3. The van der Waals surface area contributed by atoms with Crippen LogP contribution in [-0.4, -0.2) is 40.8 Å². The Kier molecular flexibility index (Phi) is 8.42. The first-order valence-corrected chi connectivity index (χ1v) is 13.2. The number of aryl methyl sites for hydroxylation is 1. The standard InChI is InChI=1S/C33H31NO6/c1-23-12-16-29(17-13-23)40-31(32(36)34-27(22-39-33(34)37)20-24-8-4-2-5-9-24)30(35)26-14-18-28(19-15-26)38-21-25-10-6-3-7-11-25/h2-19,27,30-31,35H,20-22H2,1H3/t27?,30-,31+/m1/s1. The molecular weight excluding hydrogens is 506 g/mol. The molecule has 2 amide bonds. The number of cyclic esters (lactones) is 1. The summed E-state index contributed by atoms with van der Waals surface area (Å²) in [6, 6.07) is 32.9. The maximum atomic E-state index is 13.9. The second-order valence-corrected chi connectivity index (χ2v) is 9.77.